The van der Waals surface area contributed by atoms with Crippen LogP contribution in [0.1, 0.15) is 9.67 Å². The molecule has 1 aromatic heterocycles. The first-order chi connectivity index (χ1) is 8.90. The van der Waals surface area contributed by atoms with E-state index in [0.717, 1.165) is 11.3 Å². The molecule has 0 unspecified atom stereocenters. The molecule has 0 spiro atoms. The maximum absolute atomic E-state index is 11.7. The first kappa shape index (κ1) is 14.1. The molecule has 2 aromatic rings. The summed E-state index contributed by atoms with van der Waals surface area (Å²) in [5.74, 6) is -0.411. The lowest BCUT2D eigenvalue weighted by atomic mass is 10.2. The molecule has 0 amide bonds. The fraction of sp³-hybridized carbons (Fsp3) is 0.182. The van der Waals surface area contributed by atoms with Crippen LogP contribution in [0.5, 0.6) is 5.75 Å². The SMILES string of the molecule is COC(=O)c1sc2cccc(OC)c2c1S(=O)(=O)Cl. The minimum atomic E-state index is -4.10. The van der Waals surface area contributed by atoms with Gasteiger partial charge in [-0.1, -0.05) is 6.07 Å². The number of carbonyl (C=O) groups is 1. The predicted octanol–water partition coefficient (Wildman–Crippen LogP) is 2.62. The Kier molecular flexibility index (Phi) is 3.71. The number of ether oxygens (including phenoxy) is 2. The molecule has 2 rings (SSSR count). The van der Waals surface area contributed by atoms with E-state index in [4.69, 9.17) is 15.4 Å². The van der Waals surface area contributed by atoms with Crippen LogP contribution in [0.3, 0.4) is 0 Å². The number of esters is 1. The molecule has 1 heterocycles. The zero-order chi connectivity index (χ0) is 14.2. The van der Waals surface area contributed by atoms with E-state index >= 15 is 0 Å². The molecule has 0 saturated heterocycles. The normalized spacial score (nSPS) is 11.5. The summed E-state index contributed by atoms with van der Waals surface area (Å²) in [4.78, 5) is 11.4. The fourth-order valence-corrected chi connectivity index (χ4v) is 4.63. The number of halogens is 1. The van der Waals surface area contributed by atoms with Gasteiger partial charge in [0, 0.05) is 15.4 Å². The van der Waals surface area contributed by atoms with E-state index in [-0.39, 0.29) is 9.77 Å². The number of hydrogen-bond acceptors (Lipinski definition) is 6. The summed E-state index contributed by atoms with van der Waals surface area (Å²) in [7, 11) is 3.91. The van der Waals surface area contributed by atoms with Gasteiger partial charge in [0.25, 0.3) is 9.05 Å². The van der Waals surface area contributed by atoms with E-state index in [0.29, 0.717) is 15.8 Å². The number of thiophene rings is 1. The third kappa shape index (κ3) is 2.41. The van der Waals surface area contributed by atoms with E-state index in [1.54, 1.807) is 18.2 Å². The van der Waals surface area contributed by atoms with Crippen LogP contribution in [-0.4, -0.2) is 28.6 Å². The lowest BCUT2D eigenvalue weighted by Crippen LogP contribution is -2.04. The largest absolute Gasteiger partial charge is 0.496 e. The Hall–Kier alpha value is -1.31. The van der Waals surface area contributed by atoms with E-state index in [1.165, 1.54) is 14.2 Å². The summed E-state index contributed by atoms with van der Waals surface area (Å²) < 4.78 is 33.7. The molecular formula is C11H9ClO5S2. The van der Waals surface area contributed by atoms with Crippen LogP contribution in [0.15, 0.2) is 23.1 Å². The van der Waals surface area contributed by atoms with E-state index in [9.17, 15) is 13.2 Å². The first-order valence-corrected chi connectivity index (χ1v) is 8.15. The minimum Gasteiger partial charge on any atom is -0.496 e. The standard InChI is InChI=1S/C11H9ClO5S2/c1-16-6-4-3-5-7-8(6)10(19(12,14)15)9(18-7)11(13)17-2/h3-5H,1-2H3. The van der Waals surface area contributed by atoms with Crippen molar-refractivity contribution in [1.29, 1.82) is 0 Å². The van der Waals surface area contributed by atoms with Crippen molar-refractivity contribution in [3.63, 3.8) is 0 Å². The van der Waals surface area contributed by atoms with Gasteiger partial charge in [0.1, 0.15) is 15.5 Å². The molecule has 0 radical (unpaired) electrons. The van der Waals surface area contributed by atoms with Gasteiger partial charge >= 0.3 is 5.97 Å². The van der Waals surface area contributed by atoms with Gasteiger partial charge in [0.2, 0.25) is 0 Å². The molecule has 0 atom stereocenters. The lowest BCUT2D eigenvalue weighted by molar-refractivity contribution is 0.0602. The average molecular weight is 321 g/mol. The minimum absolute atomic E-state index is 0.0583. The molecule has 5 nitrogen and oxygen atoms in total. The van der Waals surface area contributed by atoms with Gasteiger partial charge in [-0.15, -0.1) is 11.3 Å². The summed E-state index contributed by atoms with van der Waals surface area (Å²) in [6.07, 6.45) is 0. The summed E-state index contributed by atoms with van der Waals surface area (Å²) in [6.45, 7) is 0. The highest BCUT2D eigenvalue weighted by atomic mass is 35.7. The zero-order valence-electron chi connectivity index (χ0n) is 9.97. The topological polar surface area (TPSA) is 69.7 Å². The van der Waals surface area contributed by atoms with Crippen molar-refractivity contribution in [3.05, 3.63) is 23.1 Å². The van der Waals surface area contributed by atoms with Crippen molar-refractivity contribution >= 4 is 47.1 Å². The number of benzene rings is 1. The van der Waals surface area contributed by atoms with Crippen molar-refractivity contribution in [1.82, 2.24) is 0 Å². The van der Waals surface area contributed by atoms with Crippen LogP contribution in [0, 0.1) is 0 Å². The highest BCUT2D eigenvalue weighted by Gasteiger charge is 2.29. The number of fused-ring (bicyclic) bond motifs is 1. The summed E-state index contributed by atoms with van der Waals surface area (Å²) >= 11 is 0.995. The second-order valence-electron chi connectivity index (χ2n) is 3.52. The molecular weight excluding hydrogens is 312 g/mol. The molecule has 0 aliphatic heterocycles. The number of hydrogen-bond donors (Lipinski definition) is 0. The fourth-order valence-electron chi connectivity index (χ4n) is 1.72. The van der Waals surface area contributed by atoms with Crippen LogP contribution in [-0.2, 0) is 13.8 Å². The first-order valence-electron chi connectivity index (χ1n) is 5.02. The molecule has 0 fully saturated rings. The van der Waals surface area contributed by atoms with E-state index in [2.05, 4.69) is 4.74 Å². The van der Waals surface area contributed by atoms with Crippen molar-refractivity contribution < 1.29 is 22.7 Å². The van der Waals surface area contributed by atoms with Gasteiger partial charge in [-0.3, -0.25) is 0 Å². The van der Waals surface area contributed by atoms with Gasteiger partial charge in [-0.05, 0) is 12.1 Å². The lowest BCUT2D eigenvalue weighted by Gasteiger charge is -2.03. The van der Waals surface area contributed by atoms with Gasteiger partial charge in [-0.2, -0.15) is 0 Å². The molecule has 0 aliphatic carbocycles. The van der Waals surface area contributed by atoms with E-state index in [1.807, 2.05) is 0 Å². The van der Waals surface area contributed by atoms with Gasteiger partial charge in [-0.25, -0.2) is 13.2 Å². The summed E-state index contributed by atoms with van der Waals surface area (Å²) in [6, 6.07) is 4.98. The molecule has 0 aliphatic rings. The molecule has 1 aromatic carbocycles. The Morgan fingerprint density at radius 3 is 2.53 bits per heavy atom. The Morgan fingerprint density at radius 2 is 2.00 bits per heavy atom. The van der Waals surface area contributed by atoms with Crippen LogP contribution in [0.4, 0.5) is 0 Å². The van der Waals surface area contributed by atoms with Gasteiger partial charge in [0.05, 0.1) is 19.6 Å². The third-order valence-corrected chi connectivity index (χ3v) is 5.09. The van der Waals surface area contributed by atoms with Gasteiger partial charge < -0.3 is 9.47 Å². The summed E-state index contributed by atoms with van der Waals surface area (Å²) in [5.41, 5.74) is 0. The van der Waals surface area contributed by atoms with Crippen LogP contribution < -0.4 is 4.74 Å². The average Bonchev–Trinajstić information content (AvgIpc) is 2.76. The second kappa shape index (κ2) is 4.99. The highest BCUT2D eigenvalue weighted by Crippen LogP contribution is 2.41. The van der Waals surface area contributed by atoms with Crippen molar-refractivity contribution in [2.75, 3.05) is 14.2 Å². The molecule has 19 heavy (non-hydrogen) atoms. The molecule has 0 bridgehead atoms. The van der Waals surface area contributed by atoms with Gasteiger partial charge in [0.15, 0.2) is 0 Å². The predicted molar refractivity (Wildman–Crippen MR) is 72.8 cm³/mol. The maximum atomic E-state index is 11.7. The smallest absolute Gasteiger partial charge is 0.349 e. The zero-order valence-corrected chi connectivity index (χ0v) is 12.4. The van der Waals surface area contributed by atoms with Crippen molar-refractivity contribution in [2.45, 2.75) is 4.90 Å². The molecule has 0 N–H and O–H groups in total. The van der Waals surface area contributed by atoms with Crippen LogP contribution in [0.2, 0.25) is 0 Å². The van der Waals surface area contributed by atoms with Crippen LogP contribution in [0.25, 0.3) is 10.1 Å². The Bertz CT molecular complexity index is 748. The Labute approximate surface area is 118 Å². The molecule has 102 valence electrons. The Morgan fingerprint density at radius 1 is 1.32 bits per heavy atom. The van der Waals surface area contributed by atoms with Crippen molar-refractivity contribution in [2.24, 2.45) is 0 Å². The maximum Gasteiger partial charge on any atom is 0.349 e. The van der Waals surface area contributed by atoms with E-state index < -0.39 is 15.0 Å². The summed E-state index contributed by atoms with van der Waals surface area (Å²) in [5, 5.41) is 0.297. The van der Waals surface area contributed by atoms with Crippen LogP contribution >= 0.6 is 22.0 Å². The number of carbonyl (C=O) groups excluding carboxylic acids is 1. The third-order valence-electron chi connectivity index (χ3n) is 2.47. The Balaban J connectivity index is 2.96. The monoisotopic (exact) mass is 320 g/mol. The van der Waals surface area contributed by atoms with Crippen molar-refractivity contribution in [3.8, 4) is 5.75 Å². The number of rotatable bonds is 3. The highest BCUT2D eigenvalue weighted by molar-refractivity contribution is 8.14. The molecule has 0 saturated carbocycles. The molecule has 8 heteroatoms. The number of methoxy groups -OCH3 is 2. The second-order valence-corrected chi connectivity index (χ2v) is 7.08. The quantitative estimate of drug-likeness (QED) is 0.642.